The Morgan fingerprint density at radius 3 is 2.43 bits per heavy atom. The molecule has 0 saturated carbocycles. The molecule has 0 aliphatic heterocycles. The number of anilines is 1. The van der Waals surface area contributed by atoms with Gasteiger partial charge < -0.3 is 14.7 Å². The molecule has 0 aromatic heterocycles. The van der Waals surface area contributed by atoms with E-state index in [-0.39, 0.29) is 12.4 Å². The summed E-state index contributed by atoms with van der Waals surface area (Å²) < 4.78 is 9.31. The fraction of sp³-hybridized carbons (Fsp3) is 0.579. The van der Waals surface area contributed by atoms with Crippen molar-refractivity contribution in [2.24, 2.45) is 0 Å². The zero-order valence-electron chi connectivity index (χ0n) is 16.2. The number of carbonyl (C=O) groups excluding carboxylic acids is 1. The molecule has 0 radical (unpaired) electrons. The number of nitrogens with zero attached hydrogens (tertiary/aromatic N) is 1. The molecule has 9 heteroatoms. The summed E-state index contributed by atoms with van der Waals surface area (Å²) in [6, 6.07) is 7.51. The van der Waals surface area contributed by atoms with Crippen LogP contribution in [0.1, 0.15) is 44.6 Å². The molecular weight excluding hydrogens is 386 g/mol. The van der Waals surface area contributed by atoms with Gasteiger partial charge in [-0.3, -0.25) is 9.59 Å². The molecule has 0 bridgehead atoms. The summed E-state index contributed by atoms with van der Waals surface area (Å²) in [4.78, 5) is 24.4. The van der Waals surface area contributed by atoms with E-state index >= 15 is 0 Å². The first-order valence-corrected chi connectivity index (χ1v) is 10.3. The van der Waals surface area contributed by atoms with Crippen LogP contribution in [0.15, 0.2) is 24.3 Å². The minimum atomic E-state index is -0.852. The highest BCUT2D eigenvalue weighted by atomic mass is 32.2. The van der Waals surface area contributed by atoms with Crippen LogP contribution < -0.4 is 4.90 Å². The van der Waals surface area contributed by atoms with E-state index in [1.807, 2.05) is 24.3 Å². The molecule has 8 nitrogen and oxygen atoms in total. The second kappa shape index (κ2) is 15.2. The third kappa shape index (κ3) is 11.1. The van der Waals surface area contributed by atoms with Gasteiger partial charge in [-0.25, -0.2) is 5.26 Å². The van der Waals surface area contributed by atoms with E-state index < -0.39 is 5.97 Å². The predicted octanol–water partition coefficient (Wildman–Crippen LogP) is 3.70. The first-order chi connectivity index (χ1) is 13.6. The van der Waals surface area contributed by atoms with Crippen LogP contribution in [0.5, 0.6) is 0 Å². The van der Waals surface area contributed by atoms with Gasteiger partial charge in [-0.15, -0.1) is 4.33 Å². The van der Waals surface area contributed by atoms with Crippen LogP contribution in [-0.4, -0.2) is 47.8 Å². The van der Waals surface area contributed by atoms with Crippen LogP contribution in [0.4, 0.5) is 5.69 Å². The summed E-state index contributed by atoms with van der Waals surface area (Å²) in [5.74, 6) is -0.359. The molecule has 2 N–H and O–H groups in total. The van der Waals surface area contributed by atoms with E-state index in [0.29, 0.717) is 18.8 Å². The largest absolute Gasteiger partial charge is 0.481 e. The second-order valence-corrected chi connectivity index (χ2v) is 6.94. The number of carbonyl (C=O) groups is 2. The number of carboxylic acid groups (broad SMARTS) is 1. The lowest BCUT2D eigenvalue weighted by Gasteiger charge is -2.25. The van der Waals surface area contributed by atoms with Crippen molar-refractivity contribution in [1.29, 1.82) is 0 Å². The summed E-state index contributed by atoms with van der Waals surface area (Å²) in [7, 11) is 0. The van der Waals surface area contributed by atoms with Gasteiger partial charge in [0.25, 0.3) is 0 Å². The molecule has 0 spiro atoms. The van der Waals surface area contributed by atoms with E-state index in [1.54, 1.807) is 6.92 Å². The Hall–Kier alpha value is -1.81. The molecule has 158 valence electrons. The highest BCUT2D eigenvalue weighted by Crippen LogP contribution is 2.18. The van der Waals surface area contributed by atoms with Gasteiger partial charge in [0.15, 0.2) is 0 Å². The van der Waals surface area contributed by atoms with Crippen molar-refractivity contribution >= 4 is 29.7 Å². The Morgan fingerprint density at radius 2 is 1.79 bits per heavy atom. The molecule has 0 unspecified atom stereocenters. The second-order valence-electron chi connectivity index (χ2n) is 6.16. The molecule has 0 atom stereocenters. The standard InChI is InChI=1S/C19H29NO7S/c1-2-25-19(23)7-4-3-5-12-20(13-6-14-28-27-26-24)17-10-8-16(9-11-17)15-18(21)22/h8-11,24H,2-7,12-15H2,1H3,(H,21,22). The van der Waals surface area contributed by atoms with Gasteiger partial charge in [0.05, 0.1) is 13.0 Å². The van der Waals surface area contributed by atoms with E-state index in [2.05, 4.69) is 14.3 Å². The molecule has 1 aromatic carbocycles. The van der Waals surface area contributed by atoms with Crippen molar-refractivity contribution < 1.29 is 34.1 Å². The molecule has 1 aromatic rings. The van der Waals surface area contributed by atoms with Crippen molar-refractivity contribution in [3.8, 4) is 0 Å². The fourth-order valence-corrected chi connectivity index (χ4v) is 3.08. The maximum atomic E-state index is 11.4. The topological polar surface area (TPSA) is 106 Å². The summed E-state index contributed by atoms with van der Waals surface area (Å²) >= 11 is 1.02. The van der Waals surface area contributed by atoms with Crippen molar-refractivity contribution in [2.75, 3.05) is 30.3 Å². The summed E-state index contributed by atoms with van der Waals surface area (Å²) in [6.07, 6.45) is 3.90. The third-order valence-corrected chi connectivity index (χ3v) is 4.62. The minimum absolute atomic E-state index is 0.00325. The molecular formula is C19H29NO7S. The lowest BCUT2D eigenvalue weighted by Crippen LogP contribution is -2.26. The molecule has 0 heterocycles. The fourth-order valence-electron chi connectivity index (χ4n) is 2.72. The highest BCUT2D eigenvalue weighted by molar-refractivity contribution is 7.94. The van der Waals surface area contributed by atoms with Gasteiger partial charge in [-0.05, 0) is 43.9 Å². The van der Waals surface area contributed by atoms with Crippen molar-refractivity contribution in [3.05, 3.63) is 29.8 Å². The van der Waals surface area contributed by atoms with Crippen molar-refractivity contribution in [3.63, 3.8) is 0 Å². The Balaban J connectivity index is 2.51. The lowest BCUT2D eigenvalue weighted by atomic mass is 10.1. The van der Waals surface area contributed by atoms with Crippen molar-refractivity contribution in [1.82, 2.24) is 0 Å². The smallest absolute Gasteiger partial charge is 0.307 e. The van der Waals surface area contributed by atoms with Gasteiger partial charge in [-0.2, -0.15) is 0 Å². The average Bonchev–Trinajstić information content (AvgIpc) is 2.66. The first kappa shape index (κ1) is 24.2. The Labute approximate surface area is 169 Å². The Bertz CT molecular complexity index is 568. The van der Waals surface area contributed by atoms with Crippen LogP contribution >= 0.6 is 12.0 Å². The molecule has 0 fully saturated rings. The number of benzene rings is 1. The molecule has 0 aliphatic carbocycles. The monoisotopic (exact) mass is 415 g/mol. The molecule has 1 rings (SSSR count). The highest BCUT2D eigenvalue weighted by Gasteiger charge is 2.09. The summed E-state index contributed by atoms with van der Waals surface area (Å²) in [6.45, 7) is 3.81. The van der Waals surface area contributed by atoms with Crippen LogP contribution in [0.2, 0.25) is 0 Å². The van der Waals surface area contributed by atoms with E-state index in [1.165, 1.54) is 0 Å². The van der Waals surface area contributed by atoms with Gasteiger partial charge in [-0.1, -0.05) is 23.6 Å². The number of rotatable bonds is 16. The summed E-state index contributed by atoms with van der Waals surface area (Å²) in [5, 5.41) is 20.6. The van der Waals surface area contributed by atoms with Crippen LogP contribution in [0.25, 0.3) is 0 Å². The minimum Gasteiger partial charge on any atom is -0.481 e. The van der Waals surface area contributed by atoms with Gasteiger partial charge in [0, 0.05) is 43.0 Å². The van der Waals surface area contributed by atoms with Crippen LogP contribution in [0, 0.1) is 0 Å². The van der Waals surface area contributed by atoms with E-state index in [4.69, 9.17) is 15.1 Å². The Kier molecular flexibility index (Phi) is 13.1. The molecule has 28 heavy (non-hydrogen) atoms. The maximum Gasteiger partial charge on any atom is 0.307 e. The predicted molar refractivity (Wildman–Crippen MR) is 107 cm³/mol. The quantitative estimate of drug-likeness (QED) is 0.137. The zero-order valence-corrected chi connectivity index (χ0v) is 17.0. The van der Waals surface area contributed by atoms with E-state index in [9.17, 15) is 9.59 Å². The number of unbranched alkanes of at least 4 members (excludes halogenated alkanes) is 2. The number of ether oxygens (including phenoxy) is 1. The van der Waals surface area contributed by atoms with Gasteiger partial charge in [0.2, 0.25) is 0 Å². The van der Waals surface area contributed by atoms with Gasteiger partial charge >= 0.3 is 11.9 Å². The number of hydrogen-bond acceptors (Lipinski definition) is 8. The normalized spacial score (nSPS) is 10.6. The lowest BCUT2D eigenvalue weighted by molar-refractivity contribution is -0.432. The SMILES string of the molecule is CCOC(=O)CCCCCN(CCCSOOO)c1ccc(CC(=O)O)cc1. The first-order valence-electron chi connectivity index (χ1n) is 9.37. The van der Waals surface area contributed by atoms with Gasteiger partial charge in [0.1, 0.15) is 0 Å². The third-order valence-electron chi connectivity index (χ3n) is 4.01. The van der Waals surface area contributed by atoms with Crippen LogP contribution in [-0.2, 0) is 30.1 Å². The zero-order chi connectivity index (χ0) is 20.6. The number of aliphatic carboxylic acids is 1. The molecule has 0 aliphatic rings. The van der Waals surface area contributed by atoms with E-state index in [0.717, 1.165) is 62.1 Å². The summed E-state index contributed by atoms with van der Waals surface area (Å²) in [5.41, 5.74) is 1.78. The molecule has 0 amide bonds. The van der Waals surface area contributed by atoms with Crippen molar-refractivity contribution in [2.45, 2.75) is 45.4 Å². The number of esters is 1. The molecule has 0 saturated heterocycles. The maximum absolute atomic E-state index is 11.4. The average molecular weight is 416 g/mol. The Morgan fingerprint density at radius 1 is 1.07 bits per heavy atom. The van der Waals surface area contributed by atoms with Crippen LogP contribution in [0.3, 0.4) is 0 Å². The number of hydrogen-bond donors (Lipinski definition) is 2. The number of carboxylic acids is 1.